The van der Waals surface area contributed by atoms with Gasteiger partial charge in [-0.3, -0.25) is 24.7 Å². The first-order valence-electron chi connectivity index (χ1n) is 12.6. The fourth-order valence-electron chi connectivity index (χ4n) is 4.39. The number of rotatable bonds is 9. The number of ether oxygens (including phenoxy) is 2. The van der Waals surface area contributed by atoms with Gasteiger partial charge in [0.2, 0.25) is 0 Å². The highest BCUT2D eigenvalue weighted by Crippen LogP contribution is 2.30. The van der Waals surface area contributed by atoms with Gasteiger partial charge in [-0.05, 0) is 61.7 Å². The van der Waals surface area contributed by atoms with E-state index in [9.17, 15) is 9.59 Å². The van der Waals surface area contributed by atoms with E-state index in [1.165, 1.54) is 4.68 Å². The van der Waals surface area contributed by atoms with Crippen molar-refractivity contribution in [2.45, 2.75) is 20.3 Å². The van der Waals surface area contributed by atoms with Crippen LogP contribution < -0.4 is 20.3 Å². The van der Waals surface area contributed by atoms with E-state index in [2.05, 4.69) is 20.4 Å². The highest BCUT2D eigenvalue weighted by molar-refractivity contribution is 5.95. The Balaban J connectivity index is 1.19. The van der Waals surface area contributed by atoms with Gasteiger partial charge in [-0.2, -0.15) is 0 Å². The summed E-state index contributed by atoms with van der Waals surface area (Å²) < 4.78 is 12.7. The molecule has 2 N–H and O–H groups in total. The third-order valence-electron chi connectivity index (χ3n) is 6.42. The smallest absolute Gasteiger partial charge is 0.284 e. The van der Waals surface area contributed by atoms with E-state index in [0.717, 1.165) is 22.3 Å². The van der Waals surface area contributed by atoms with Crippen LogP contribution in [-0.2, 0) is 6.42 Å². The summed E-state index contributed by atoms with van der Waals surface area (Å²) in [7, 11) is 1.62. The van der Waals surface area contributed by atoms with Crippen LogP contribution in [0, 0.1) is 12.8 Å². The molecule has 198 valence electrons. The third-order valence-corrected chi connectivity index (χ3v) is 6.42. The number of carbonyl (C=O) groups excluding carboxylic acids is 1. The zero-order chi connectivity index (χ0) is 27.4. The molecule has 3 heterocycles. The van der Waals surface area contributed by atoms with Crippen molar-refractivity contribution in [2.75, 3.05) is 13.7 Å². The number of para-hydroxylation sites is 1. The van der Waals surface area contributed by atoms with E-state index >= 15 is 0 Å². The van der Waals surface area contributed by atoms with Crippen LogP contribution in [-0.4, -0.2) is 39.3 Å². The van der Waals surface area contributed by atoms with Crippen molar-refractivity contribution in [3.63, 3.8) is 0 Å². The van der Waals surface area contributed by atoms with Gasteiger partial charge in [0.15, 0.2) is 0 Å². The van der Waals surface area contributed by atoms with E-state index in [0.29, 0.717) is 35.8 Å². The van der Waals surface area contributed by atoms with Crippen molar-refractivity contribution in [2.24, 2.45) is 5.92 Å². The van der Waals surface area contributed by atoms with Crippen LogP contribution in [0.25, 0.3) is 16.6 Å². The van der Waals surface area contributed by atoms with Crippen LogP contribution in [0.3, 0.4) is 0 Å². The summed E-state index contributed by atoms with van der Waals surface area (Å²) in [4.78, 5) is 34.6. The molecule has 3 aromatic heterocycles. The lowest BCUT2D eigenvalue weighted by molar-refractivity contribution is 0.0946. The largest absolute Gasteiger partial charge is 0.497 e. The molecule has 1 unspecified atom stereocenters. The minimum atomic E-state index is -0.394. The first-order chi connectivity index (χ1) is 18.9. The topological polar surface area (TPSA) is 111 Å². The number of aryl methyl sites for hydroxylation is 1. The molecule has 39 heavy (non-hydrogen) atoms. The monoisotopic (exact) mass is 523 g/mol. The Hall–Kier alpha value is -4.92. The van der Waals surface area contributed by atoms with Crippen LogP contribution in [0.5, 0.6) is 17.2 Å². The van der Waals surface area contributed by atoms with E-state index in [1.54, 1.807) is 38.6 Å². The number of nitrogens with zero attached hydrogens (tertiary/aromatic N) is 3. The number of fused-ring (bicyclic) bond motifs is 1. The zero-order valence-electron chi connectivity index (χ0n) is 22.0. The minimum Gasteiger partial charge on any atom is -0.497 e. The van der Waals surface area contributed by atoms with Crippen molar-refractivity contribution in [3.05, 3.63) is 106 Å². The Morgan fingerprint density at radius 2 is 1.85 bits per heavy atom. The molecule has 9 nitrogen and oxygen atoms in total. The maximum Gasteiger partial charge on any atom is 0.284 e. The molecule has 0 spiro atoms. The Morgan fingerprint density at radius 3 is 2.59 bits per heavy atom. The second-order valence-corrected chi connectivity index (χ2v) is 9.39. The Kier molecular flexibility index (Phi) is 7.40. The quantitative estimate of drug-likeness (QED) is 0.286. The number of hydrogen-bond donors (Lipinski definition) is 2. The van der Waals surface area contributed by atoms with Gasteiger partial charge in [0.25, 0.3) is 11.5 Å². The van der Waals surface area contributed by atoms with Gasteiger partial charge in [-0.1, -0.05) is 25.1 Å². The molecule has 9 heteroatoms. The number of methoxy groups -OCH3 is 1. The number of amides is 1. The van der Waals surface area contributed by atoms with Crippen LogP contribution in [0.4, 0.5) is 0 Å². The predicted octanol–water partition coefficient (Wildman–Crippen LogP) is 4.83. The normalized spacial score (nSPS) is 11.8. The minimum absolute atomic E-state index is 0.0999. The number of carbonyl (C=O) groups is 1. The first kappa shape index (κ1) is 25.7. The van der Waals surface area contributed by atoms with Crippen LogP contribution >= 0.6 is 0 Å². The Morgan fingerprint density at radius 1 is 1.05 bits per heavy atom. The van der Waals surface area contributed by atoms with Crippen LogP contribution in [0.1, 0.15) is 28.7 Å². The Bertz CT molecular complexity index is 1660. The molecule has 0 radical (unpaired) electrons. The standard InChI is InChI=1S/C30H29N5O4/c1-19(17-33-29(36)28-20(2)34-35(30(28)37)22-7-5-4-6-8-22)15-21-9-10-24(18-32-21)39-27-13-14-31-26-16-23(38-3)11-12-25(26)27/h4-14,16,18-19,34H,15,17H2,1-3H3,(H,33,36). The number of nitrogens with one attached hydrogen (secondary N) is 2. The molecule has 1 amide bonds. The van der Waals surface area contributed by atoms with Crippen LogP contribution in [0.2, 0.25) is 0 Å². The first-order valence-corrected chi connectivity index (χ1v) is 12.6. The van der Waals surface area contributed by atoms with Crippen molar-refractivity contribution in [3.8, 4) is 22.9 Å². The Labute approximate surface area is 225 Å². The van der Waals surface area contributed by atoms with Crippen molar-refractivity contribution < 1.29 is 14.3 Å². The van der Waals surface area contributed by atoms with Gasteiger partial charge in [-0.15, -0.1) is 0 Å². The van der Waals surface area contributed by atoms with E-state index in [1.807, 2.05) is 61.5 Å². The van der Waals surface area contributed by atoms with Gasteiger partial charge in [0, 0.05) is 35.6 Å². The zero-order valence-corrected chi connectivity index (χ0v) is 22.0. The molecule has 5 rings (SSSR count). The number of H-pyrrole nitrogens is 1. The number of hydrogen-bond acceptors (Lipinski definition) is 6. The maximum atomic E-state index is 12.9. The molecule has 0 aliphatic heterocycles. The van der Waals surface area contributed by atoms with Crippen molar-refractivity contribution >= 4 is 16.8 Å². The van der Waals surface area contributed by atoms with Crippen molar-refractivity contribution in [1.82, 2.24) is 25.1 Å². The lowest BCUT2D eigenvalue weighted by Crippen LogP contribution is -2.33. The van der Waals surface area contributed by atoms with Gasteiger partial charge in [-0.25, -0.2) is 4.68 Å². The number of aromatic nitrogens is 4. The molecular formula is C30H29N5O4. The average molecular weight is 524 g/mol. The van der Waals surface area contributed by atoms with Gasteiger partial charge < -0.3 is 14.8 Å². The molecule has 1 atom stereocenters. The molecular weight excluding hydrogens is 494 g/mol. The summed E-state index contributed by atoms with van der Waals surface area (Å²) in [5, 5.41) is 6.76. The molecule has 5 aromatic rings. The molecule has 0 aliphatic rings. The fourth-order valence-corrected chi connectivity index (χ4v) is 4.39. The van der Waals surface area contributed by atoms with E-state index < -0.39 is 5.91 Å². The van der Waals surface area contributed by atoms with Crippen molar-refractivity contribution in [1.29, 1.82) is 0 Å². The molecule has 0 bridgehead atoms. The average Bonchev–Trinajstić information content (AvgIpc) is 3.26. The number of aromatic amines is 1. The third kappa shape index (κ3) is 5.67. The van der Waals surface area contributed by atoms with Gasteiger partial charge >= 0.3 is 0 Å². The summed E-state index contributed by atoms with van der Waals surface area (Å²) in [6.07, 6.45) is 4.03. The summed E-state index contributed by atoms with van der Waals surface area (Å²) >= 11 is 0. The summed E-state index contributed by atoms with van der Waals surface area (Å²) in [6.45, 7) is 4.15. The highest BCUT2D eigenvalue weighted by atomic mass is 16.5. The second kappa shape index (κ2) is 11.2. The molecule has 2 aromatic carbocycles. The molecule has 0 fully saturated rings. The fraction of sp³-hybridized carbons (Fsp3) is 0.200. The van der Waals surface area contributed by atoms with Gasteiger partial charge in [0.05, 0.1) is 24.5 Å². The van der Waals surface area contributed by atoms with E-state index in [4.69, 9.17) is 9.47 Å². The molecule has 0 saturated heterocycles. The lowest BCUT2D eigenvalue weighted by Gasteiger charge is -2.13. The number of pyridine rings is 2. The summed E-state index contributed by atoms with van der Waals surface area (Å²) in [5.74, 6) is 1.73. The van der Waals surface area contributed by atoms with Gasteiger partial charge in [0.1, 0.15) is 22.8 Å². The summed E-state index contributed by atoms with van der Waals surface area (Å²) in [5.41, 5.74) is 2.59. The SMILES string of the molecule is COc1ccc2c(Oc3ccc(CC(C)CNC(=O)c4c(C)[nH]n(-c5ccccc5)c4=O)nc3)ccnc2c1. The summed E-state index contributed by atoms with van der Waals surface area (Å²) in [6, 6.07) is 20.4. The highest BCUT2D eigenvalue weighted by Gasteiger charge is 2.20. The molecule has 0 aliphatic carbocycles. The predicted molar refractivity (Wildman–Crippen MR) is 149 cm³/mol. The molecule has 0 saturated carbocycles. The maximum absolute atomic E-state index is 12.9. The van der Waals surface area contributed by atoms with Crippen LogP contribution in [0.15, 0.2) is 83.9 Å². The second-order valence-electron chi connectivity index (χ2n) is 9.39. The lowest BCUT2D eigenvalue weighted by atomic mass is 10.0. The number of benzene rings is 2. The van der Waals surface area contributed by atoms with E-state index in [-0.39, 0.29) is 17.0 Å².